The summed E-state index contributed by atoms with van der Waals surface area (Å²) in [5.41, 5.74) is 1.65. The molecule has 20 heavy (non-hydrogen) atoms. The van der Waals surface area contributed by atoms with Crippen LogP contribution in [0.25, 0.3) is 28.1 Å². The molecule has 0 unspecified atom stereocenters. The van der Waals surface area contributed by atoms with Gasteiger partial charge in [-0.3, -0.25) is 0 Å². The van der Waals surface area contributed by atoms with Gasteiger partial charge in [-0.15, -0.1) is 0 Å². The van der Waals surface area contributed by atoms with E-state index in [9.17, 15) is 5.11 Å². The minimum absolute atomic E-state index is 0.281. The molecule has 0 fully saturated rings. The van der Waals surface area contributed by atoms with Crippen LogP contribution in [0.3, 0.4) is 0 Å². The highest BCUT2D eigenvalue weighted by atomic mass is 16.3. The summed E-state index contributed by atoms with van der Waals surface area (Å²) in [5.74, 6) is 1.24. The van der Waals surface area contributed by atoms with E-state index in [2.05, 4.69) is 15.6 Å². The van der Waals surface area contributed by atoms with Gasteiger partial charge in [0, 0.05) is 12.7 Å². The zero-order valence-electron chi connectivity index (χ0n) is 11.0. The van der Waals surface area contributed by atoms with Crippen LogP contribution in [0.4, 0.5) is 0 Å². The number of aromatic hydroxyl groups is 1. The van der Waals surface area contributed by atoms with E-state index in [4.69, 9.17) is 0 Å². The third-order valence-corrected chi connectivity index (χ3v) is 3.77. The highest BCUT2D eigenvalue weighted by molar-refractivity contribution is 5.98. The summed E-state index contributed by atoms with van der Waals surface area (Å²) < 4.78 is 2.14. The molecule has 3 heteroatoms. The Hall–Kier alpha value is -2.55. The zero-order valence-corrected chi connectivity index (χ0v) is 11.0. The monoisotopic (exact) mass is 262 g/mol. The van der Waals surface area contributed by atoms with Crippen LogP contribution in [-0.4, -0.2) is 14.7 Å². The third-order valence-electron chi connectivity index (χ3n) is 3.77. The molecular weight excluding hydrogens is 248 g/mol. The van der Waals surface area contributed by atoms with Crippen molar-refractivity contribution in [2.45, 2.75) is 13.0 Å². The van der Waals surface area contributed by atoms with Crippen molar-refractivity contribution < 1.29 is 5.11 Å². The van der Waals surface area contributed by atoms with E-state index in [0.717, 1.165) is 40.8 Å². The van der Waals surface area contributed by atoms with Crippen LogP contribution in [0.5, 0.6) is 5.75 Å². The number of phenolic OH excluding ortho intramolecular Hbond substituents is 1. The smallest absolute Gasteiger partial charge is 0.133 e. The molecule has 4 rings (SSSR count). The lowest BCUT2D eigenvalue weighted by Gasteiger charge is -2.07. The van der Waals surface area contributed by atoms with Crippen molar-refractivity contribution in [3.8, 4) is 17.0 Å². The predicted octanol–water partition coefficient (Wildman–Crippen LogP) is 3.83. The Morgan fingerprint density at radius 3 is 2.90 bits per heavy atom. The van der Waals surface area contributed by atoms with Crippen molar-refractivity contribution in [3.63, 3.8) is 0 Å². The number of fused-ring (bicyclic) bond motifs is 2. The average Bonchev–Trinajstić information content (AvgIpc) is 2.90. The van der Waals surface area contributed by atoms with E-state index in [0.29, 0.717) is 0 Å². The summed E-state index contributed by atoms with van der Waals surface area (Å²) in [4.78, 5) is 4.65. The molecule has 98 valence electrons. The van der Waals surface area contributed by atoms with Crippen molar-refractivity contribution in [2.24, 2.45) is 0 Å². The van der Waals surface area contributed by atoms with Crippen LogP contribution in [-0.2, 0) is 6.54 Å². The van der Waals surface area contributed by atoms with Gasteiger partial charge in [0.1, 0.15) is 11.6 Å². The van der Waals surface area contributed by atoms with Gasteiger partial charge in [-0.1, -0.05) is 36.4 Å². The van der Waals surface area contributed by atoms with Gasteiger partial charge in [0.05, 0.1) is 11.3 Å². The van der Waals surface area contributed by atoms with Crippen LogP contribution in [0.2, 0.25) is 0 Å². The van der Waals surface area contributed by atoms with Crippen molar-refractivity contribution in [3.05, 3.63) is 54.5 Å². The Balaban J connectivity index is 2.00. The lowest BCUT2D eigenvalue weighted by atomic mass is 10.0. The lowest BCUT2D eigenvalue weighted by molar-refractivity contribution is 0.478. The molecule has 1 aromatic heterocycles. The van der Waals surface area contributed by atoms with Crippen molar-refractivity contribution in [2.75, 3.05) is 0 Å². The Bertz CT molecular complexity index is 830. The van der Waals surface area contributed by atoms with Gasteiger partial charge in [0.2, 0.25) is 0 Å². The van der Waals surface area contributed by atoms with Crippen LogP contribution in [0.1, 0.15) is 12.2 Å². The molecule has 0 aliphatic carbocycles. The first-order valence-corrected chi connectivity index (χ1v) is 6.78. The molecule has 3 aromatic rings. The fourth-order valence-corrected chi connectivity index (χ4v) is 2.79. The number of aryl methyl sites for hydroxylation is 1. The minimum atomic E-state index is 0.281. The number of imidazole rings is 1. The third kappa shape index (κ3) is 1.63. The number of allylic oxidation sites excluding steroid dienone is 1. The number of benzene rings is 2. The van der Waals surface area contributed by atoms with Crippen molar-refractivity contribution >= 4 is 16.8 Å². The Morgan fingerprint density at radius 2 is 2.00 bits per heavy atom. The molecule has 0 saturated heterocycles. The molecule has 0 atom stereocenters. The molecule has 2 heterocycles. The molecule has 1 aliphatic rings. The van der Waals surface area contributed by atoms with Crippen molar-refractivity contribution in [1.82, 2.24) is 9.55 Å². The molecule has 0 bridgehead atoms. The second-order valence-corrected chi connectivity index (χ2v) is 5.05. The van der Waals surface area contributed by atoms with Gasteiger partial charge in [0.25, 0.3) is 0 Å². The quantitative estimate of drug-likeness (QED) is 0.723. The van der Waals surface area contributed by atoms with E-state index in [1.54, 1.807) is 6.07 Å². The van der Waals surface area contributed by atoms with Gasteiger partial charge < -0.3 is 9.67 Å². The molecule has 1 aliphatic heterocycles. The number of nitrogens with zero attached hydrogens (tertiary/aromatic N) is 2. The Morgan fingerprint density at radius 1 is 1.10 bits per heavy atom. The van der Waals surface area contributed by atoms with E-state index in [1.807, 2.05) is 42.6 Å². The number of rotatable bonds is 1. The predicted molar refractivity (Wildman–Crippen MR) is 80.5 cm³/mol. The van der Waals surface area contributed by atoms with Gasteiger partial charge >= 0.3 is 0 Å². The number of hydrogen-bond donors (Lipinski definition) is 1. The molecule has 0 spiro atoms. The van der Waals surface area contributed by atoms with Crippen LogP contribution in [0, 0.1) is 0 Å². The first-order chi connectivity index (χ1) is 9.83. The van der Waals surface area contributed by atoms with E-state index in [-0.39, 0.29) is 5.75 Å². The fraction of sp³-hybridized carbons (Fsp3) is 0.118. The molecule has 1 N–H and O–H groups in total. The van der Waals surface area contributed by atoms with E-state index < -0.39 is 0 Å². The second kappa shape index (κ2) is 4.23. The van der Waals surface area contributed by atoms with Crippen LogP contribution in [0.15, 0.2) is 48.7 Å². The summed E-state index contributed by atoms with van der Waals surface area (Å²) in [7, 11) is 0. The maximum atomic E-state index is 10.3. The van der Waals surface area contributed by atoms with Gasteiger partial charge in [0.15, 0.2) is 0 Å². The zero-order chi connectivity index (χ0) is 13.5. The number of phenols is 1. The molecule has 2 aromatic carbocycles. The Labute approximate surface area is 116 Å². The molecule has 3 nitrogen and oxygen atoms in total. The van der Waals surface area contributed by atoms with Gasteiger partial charge in [-0.05, 0) is 29.3 Å². The van der Waals surface area contributed by atoms with Crippen LogP contribution < -0.4 is 0 Å². The maximum absolute atomic E-state index is 10.3. The van der Waals surface area contributed by atoms with Gasteiger partial charge in [-0.25, -0.2) is 4.98 Å². The summed E-state index contributed by atoms with van der Waals surface area (Å²) in [6, 6.07) is 11.7. The highest BCUT2D eigenvalue weighted by Gasteiger charge is 2.15. The normalized spacial score (nSPS) is 13.6. The number of aromatic nitrogens is 2. The summed E-state index contributed by atoms with van der Waals surface area (Å²) in [6.07, 6.45) is 7.23. The van der Waals surface area contributed by atoms with E-state index >= 15 is 0 Å². The van der Waals surface area contributed by atoms with Crippen molar-refractivity contribution in [1.29, 1.82) is 0 Å². The molecular formula is C17H14N2O. The first kappa shape index (κ1) is 11.3. The van der Waals surface area contributed by atoms with E-state index in [1.165, 1.54) is 0 Å². The van der Waals surface area contributed by atoms with Crippen LogP contribution >= 0.6 is 0 Å². The Kier molecular flexibility index (Phi) is 2.39. The molecule has 0 amide bonds. The standard InChI is InChI=1S/C17H14N2O/c20-15-9-8-12-5-1-2-6-13(12)17(15)14-11-19-10-4-3-7-16(19)18-14/h1-3,5-9,11,20H,4,10H2. The first-order valence-electron chi connectivity index (χ1n) is 6.78. The largest absolute Gasteiger partial charge is 0.507 e. The summed E-state index contributed by atoms with van der Waals surface area (Å²) in [6.45, 7) is 0.949. The summed E-state index contributed by atoms with van der Waals surface area (Å²) >= 11 is 0. The lowest BCUT2D eigenvalue weighted by Crippen LogP contribution is -2.01. The average molecular weight is 262 g/mol. The molecule has 0 saturated carbocycles. The van der Waals surface area contributed by atoms with Gasteiger partial charge in [-0.2, -0.15) is 0 Å². The topological polar surface area (TPSA) is 38.0 Å². The summed E-state index contributed by atoms with van der Waals surface area (Å²) in [5, 5.41) is 12.4. The highest BCUT2D eigenvalue weighted by Crippen LogP contribution is 2.36. The molecule has 0 radical (unpaired) electrons. The minimum Gasteiger partial charge on any atom is -0.507 e. The number of hydrogen-bond acceptors (Lipinski definition) is 2. The maximum Gasteiger partial charge on any atom is 0.133 e. The fourth-order valence-electron chi connectivity index (χ4n) is 2.79. The SMILES string of the molecule is Oc1ccc2ccccc2c1-c1cn2c(n1)C=CCC2. The second-order valence-electron chi connectivity index (χ2n) is 5.05.